The number of guanidine groups is 1. The molecule has 0 saturated heterocycles. The van der Waals surface area contributed by atoms with E-state index < -0.39 is 0 Å². The Labute approximate surface area is 131 Å². The van der Waals surface area contributed by atoms with Crippen LogP contribution in [-0.2, 0) is 6.54 Å². The van der Waals surface area contributed by atoms with Crippen LogP contribution in [0.25, 0.3) is 10.8 Å². The number of hydrogen-bond acceptors (Lipinski definition) is 2. The summed E-state index contributed by atoms with van der Waals surface area (Å²) in [4.78, 5) is 4.58. The molecule has 4 nitrogen and oxygen atoms in total. The summed E-state index contributed by atoms with van der Waals surface area (Å²) in [6, 6.07) is 12.5. The maximum absolute atomic E-state index is 5.25. The lowest BCUT2D eigenvalue weighted by atomic mass is 10.1. The van der Waals surface area contributed by atoms with Crippen LogP contribution in [0.3, 0.4) is 0 Å². The number of rotatable bonds is 6. The van der Waals surface area contributed by atoms with Crippen molar-refractivity contribution in [3.63, 3.8) is 0 Å². The fourth-order valence-electron chi connectivity index (χ4n) is 2.18. The van der Waals surface area contributed by atoms with E-state index in [0.717, 1.165) is 18.3 Å². The first-order chi connectivity index (χ1) is 10.8. The van der Waals surface area contributed by atoms with E-state index in [1.807, 2.05) is 18.2 Å². The molecule has 0 atom stereocenters. The maximum Gasteiger partial charge on any atom is 0.191 e. The highest BCUT2D eigenvalue weighted by Crippen LogP contribution is 2.22. The zero-order chi connectivity index (χ0) is 15.8. The third-order valence-electron chi connectivity index (χ3n) is 3.29. The Morgan fingerprint density at radius 3 is 2.68 bits per heavy atom. The Kier molecular flexibility index (Phi) is 5.83. The van der Waals surface area contributed by atoms with E-state index in [0.29, 0.717) is 13.1 Å². The Balaban J connectivity index is 2.14. The molecule has 0 spiro atoms. The smallest absolute Gasteiger partial charge is 0.191 e. The van der Waals surface area contributed by atoms with Gasteiger partial charge in [-0.1, -0.05) is 24.3 Å². The van der Waals surface area contributed by atoms with Gasteiger partial charge in [0.25, 0.3) is 0 Å². The molecule has 2 aromatic rings. The second kappa shape index (κ2) is 8.08. The highest BCUT2D eigenvalue weighted by Gasteiger charge is 2.00. The minimum absolute atomic E-state index is 0.633. The Hall–Kier alpha value is -2.49. The predicted molar refractivity (Wildman–Crippen MR) is 93.5 cm³/mol. The van der Waals surface area contributed by atoms with Gasteiger partial charge < -0.3 is 15.4 Å². The fraction of sp³-hybridized carbons (Fsp3) is 0.278. The molecule has 0 bridgehead atoms. The summed E-state index contributed by atoms with van der Waals surface area (Å²) in [5.74, 6) is 1.68. The fourth-order valence-corrected chi connectivity index (χ4v) is 2.18. The third-order valence-corrected chi connectivity index (χ3v) is 3.29. The number of benzene rings is 2. The molecular formula is C18H23N3O. The normalized spacial score (nSPS) is 11.3. The molecule has 0 aromatic heterocycles. The molecular weight excluding hydrogens is 274 g/mol. The summed E-state index contributed by atoms with van der Waals surface area (Å²) >= 11 is 0. The number of nitrogens with zero attached hydrogens (tertiary/aromatic N) is 1. The topological polar surface area (TPSA) is 45.7 Å². The Morgan fingerprint density at radius 1 is 1.18 bits per heavy atom. The lowest BCUT2D eigenvalue weighted by molar-refractivity contribution is 0.415. The molecule has 0 unspecified atom stereocenters. The summed E-state index contributed by atoms with van der Waals surface area (Å²) in [7, 11) is 1.68. The van der Waals surface area contributed by atoms with Crippen molar-refractivity contribution in [1.82, 2.24) is 10.6 Å². The summed E-state index contributed by atoms with van der Waals surface area (Å²) in [5.41, 5.74) is 1.17. The zero-order valence-electron chi connectivity index (χ0n) is 13.2. The van der Waals surface area contributed by atoms with E-state index in [2.05, 4.69) is 53.4 Å². The van der Waals surface area contributed by atoms with E-state index in [9.17, 15) is 0 Å². The van der Waals surface area contributed by atoms with Crippen LogP contribution in [0.4, 0.5) is 0 Å². The van der Waals surface area contributed by atoms with Crippen molar-refractivity contribution in [2.45, 2.75) is 13.5 Å². The van der Waals surface area contributed by atoms with Crippen LogP contribution in [0, 0.1) is 0 Å². The van der Waals surface area contributed by atoms with Crippen LogP contribution in [-0.4, -0.2) is 26.2 Å². The molecule has 2 N–H and O–H groups in total. The van der Waals surface area contributed by atoms with Gasteiger partial charge in [0.15, 0.2) is 5.96 Å². The van der Waals surface area contributed by atoms with Crippen LogP contribution in [0.5, 0.6) is 5.75 Å². The average molecular weight is 297 g/mol. The largest absolute Gasteiger partial charge is 0.497 e. The first-order valence-electron chi connectivity index (χ1n) is 7.46. The van der Waals surface area contributed by atoms with Crippen molar-refractivity contribution in [2.75, 3.05) is 20.2 Å². The summed E-state index contributed by atoms with van der Waals surface area (Å²) in [6.07, 6.45) is 1.82. The third kappa shape index (κ3) is 4.25. The van der Waals surface area contributed by atoms with Gasteiger partial charge in [0.2, 0.25) is 0 Å². The lowest BCUT2D eigenvalue weighted by Crippen LogP contribution is -2.37. The summed E-state index contributed by atoms with van der Waals surface area (Å²) in [5, 5.41) is 8.77. The second-order valence-electron chi connectivity index (χ2n) is 4.91. The summed E-state index contributed by atoms with van der Waals surface area (Å²) < 4.78 is 5.25. The number of nitrogens with one attached hydrogen (secondary N) is 2. The van der Waals surface area contributed by atoms with Crippen LogP contribution >= 0.6 is 0 Å². The number of methoxy groups -OCH3 is 1. The molecule has 0 radical (unpaired) electrons. The van der Waals surface area contributed by atoms with Gasteiger partial charge in [0.1, 0.15) is 5.75 Å². The standard InChI is InChI=1S/C18H23N3O/c1-4-10-20-18(19-5-2)21-13-14-6-7-16-12-17(22-3)9-8-15(16)11-14/h4,6-9,11-12H,1,5,10,13H2,2-3H3,(H2,19,20,21). The van der Waals surface area contributed by atoms with Gasteiger partial charge in [0.05, 0.1) is 13.7 Å². The van der Waals surface area contributed by atoms with Crippen molar-refractivity contribution < 1.29 is 4.74 Å². The first kappa shape index (κ1) is 15.9. The van der Waals surface area contributed by atoms with Crippen LogP contribution in [0.1, 0.15) is 12.5 Å². The molecule has 0 amide bonds. The minimum atomic E-state index is 0.633. The maximum atomic E-state index is 5.25. The van der Waals surface area contributed by atoms with E-state index in [-0.39, 0.29) is 0 Å². The van der Waals surface area contributed by atoms with Crippen LogP contribution in [0.2, 0.25) is 0 Å². The molecule has 0 heterocycles. The van der Waals surface area contributed by atoms with Crippen molar-refractivity contribution in [2.24, 2.45) is 4.99 Å². The SMILES string of the molecule is C=CCNC(=NCc1ccc2cc(OC)ccc2c1)NCC. The van der Waals surface area contributed by atoms with Gasteiger partial charge in [-0.3, -0.25) is 0 Å². The van der Waals surface area contributed by atoms with Crippen molar-refractivity contribution in [1.29, 1.82) is 0 Å². The molecule has 2 aromatic carbocycles. The number of hydrogen-bond donors (Lipinski definition) is 2. The van der Waals surface area contributed by atoms with E-state index in [1.54, 1.807) is 7.11 Å². The van der Waals surface area contributed by atoms with Gasteiger partial charge in [-0.2, -0.15) is 0 Å². The van der Waals surface area contributed by atoms with E-state index in [4.69, 9.17) is 4.74 Å². The monoisotopic (exact) mass is 297 g/mol. The van der Waals surface area contributed by atoms with Crippen molar-refractivity contribution in [3.05, 3.63) is 54.6 Å². The molecule has 2 rings (SSSR count). The van der Waals surface area contributed by atoms with Gasteiger partial charge >= 0.3 is 0 Å². The van der Waals surface area contributed by atoms with Gasteiger partial charge in [-0.15, -0.1) is 6.58 Å². The molecule has 116 valence electrons. The first-order valence-corrected chi connectivity index (χ1v) is 7.46. The quantitative estimate of drug-likeness (QED) is 0.489. The minimum Gasteiger partial charge on any atom is -0.497 e. The second-order valence-corrected chi connectivity index (χ2v) is 4.91. The average Bonchev–Trinajstić information content (AvgIpc) is 2.56. The highest BCUT2D eigenvalue weighted by molar-refractivity contribution is 5.84. The van der Waals surface area contributed by atoms with Gasteiger partial charge in [-0.05, 0) is 41.5 Å². The van der Waals surface area contributed by atoms with Gasteiger partial charge in [-0.25, -0.2) is 4.99 Å². The molecule has 0 aliphatic rings. The highest BCUT2D eigenvalue weighted by atomic mass is 16.5. The van der Waals surface area contributed by atoms with Crippen LogP contribution in [0.15, 0.2) is 54.0 Å². The van der Waals surface area contributed by atoms with Gasteiger partial charge in [0, 0.05) is 13.1 Å². The Bertz CT molecular complexity index is 664. The van der Waals surface area contributed by atoms with Crippen LogP contribution < -0.4 is 15.4 Å². The molecule has 0 aliphatic carbocycles. The number of aliphatic imine (C=N–C) groups is 1. The van der Waals surface area contributed by atoms with E-state index in [1.165, 1.54) is 16.3 Å². The molecule has 0 saturated carbocycles. The lowest BCUT2D eigenvalue weighted by Gasteiger charge is -2.09. The molecule has 0 fully saturated rings. The van der Waals surface area contributed by atoms with Crippen molar-refractivity contribution >= 4 is 16.7 Å². The molecule has 22 heavy (non-hydrogen) atoms. The zero-order valence-corrected chi connectivity index (χ0v) is 13.2. The molecule has 0 aliphatic heterocycles. The number of ether oxygens (including phenoxy) is 1. The number of fused-ring (bicyclic) bond motifs is 1. The molecule has 4 heteroatoms. The van der Waals surface area contributed by atoms with E-state index >= 15 is 0 Å². The van der Waals surface area contributed by atoms with Crippen molar-refractivity contribution in [3.8, 4) is 5.75 Å². The predicted octanol–water partition coefficient (Wildman–Crippen LogP) is 3.09. The Morgan fingerprint density at radius 2 is 1.95 bits per heavy atom. The summed E-state index contributed by atoms with van der Waals surface area (Å²) in [6.45, 7) is 7.92.